The van der Waals surface area contributed by atoms with Crippen molar-refractivity contribution in [2.75, 3.05) is 20.1 Å². The molecule has 0 unspecified atom stereocenters. The Morgan fingerprint density at radius 3 is 2.62 bits per heavy atom. The molecule has 0 aliphatic carbocycles. The first kappa shape index (κ1) is 11.1. The van der Waals surface area contributed by atoms with Gasteiger partial charge in [0.05, 0.1) is 18.2 Å². The monoisotopic (exact) mass is 223 g/mol. The van der Waals surface area contributed by atoms with E-state index >= 15 is 0 Å². The van der Waals surface area contributed by atoms with Crippen molar-refractivity contribution in [1.29, 1.82) is 0 Å². The third kappa shape index (κ3) is 1.82. The van der Waals surface area contributed by atoms with Crippen LogP contribution in [0, 0.1) is 13.8 Å². The summed E-state index contributed by atoms with van der Waals surface area (Å²) in [6.07, 6.45) is 0.0697. The standard InChI is InChI=1S/C11H17N3O2/c1-7-10(4-11(15)16)8(2)14(12-7)9-5-13(3)6-9/h9H,4-6H2,1-3H3,(H,15,16). The van der Waals surface area contributed by atoms with Gasteiger partial charge in [0.25, 0.3) is 0 Å². The summed E-state index contributed by atoms with van der Waals surface area (Å²) in [6.45, 7) is 5.82. The molecule has 88 valence electrons. The fourth-order valence-corrected chi connectivity index (χ4v) is 2.28. The maximum Gasteiger partial charge on any atom is 0.307 e. The van der Waals surface area contributed by atoms with Gasteiger partial charge in [-0.3, -0.25) is 9.48 Å². The number of aromatic nitrogens is 2. The summed E-state index contributed by atoms with van der Waals surface area (Å²) >= 11 is 0. The smallest absolute Gasteiger partial charge is 0.307 e. The van der Waals surface area contributed by atoms with Crippen LogP contribution in [0.1, 0.15) is 23.0 Å². The van der Waals surface area contributed by atoms with E-state index in [0.29, 0.717) is 6.04 Å². The number of hydrogen-bond acceptors (Lipinski definition) is 3. The quantitative estimate of drug-likeness (QED) is 0.815. The van der Waals surface area contributed by atoms with E-state index < -0.39 is 5.97 Å². The molecule has 1 aromatic rings. The molecule has 1 fully saturated rings. The van der Waals surface area contributed by atoms with Gasteiger partial charge in [-0.2, -0.15) is 5.10 Å². The Balaban J connectivity index is 2.24. The van der Waals surface area contributed by atoms with Gasteiger partial charge in [0, 0.05) is 24.3 Å². The fraction of sp³-hybridized carbons (Fsp3) is 0.636. The lowest BCUT2D eigenvalue weighted by molar-refractivity contribution is -0.136. The molecule has 1 aliphatic heterocycles. The molecule has 0 spiro atoms. The average molecular weight is 223 g/mol. The molecule has 0 bridgehead atoms. The largest absolute Gasteiger partial charge is 0.481 e. The minimum Gasteiger partial charge on any atom is -0.481 e. The van der Waals surface area contributed by atoms with Crippen molar-refractivity contribution in [2.24, 2.45) is 0 Å². The van der Waals surface area contributed by atoms with Crippen LogP contribution in [0.3, 0.4) is 0 Å². The maximum atomic E-state index is 10.7. The van der Waals surface area contributed by atoms with Crippen molar-refractivity contribution in [3.63, 3.8) is 0 Å². The zero-order valence-electron chi connectivity index (χ0n) is 9.90. The third-order valence-corrected chi connectivity index (χ3v) is 3.19. The summed E-state index contributed by atoms with van der Waals surface area (Å²) in [5.74, 6) is -0.795. The normalized spacial score (nSPS) is 17.4. The highest BCUT2D eigenvalue weighted by molar-refractivity contribution is 5.70. The summed E-state index contributed by atoms with van der Waals surface area (Å²) in [5.41, 5.74) is 2.70. The molecule has 1 N–H and O–H groups in total. The van der Waals surface area contributed by atoms with Crippen LogP contribution in [-0.2, 0) is 11.2 Å². The lowest BCUT2D eigenvalue weighted by atomic mass is 10.1. The molecule has 1 aliphatic rings. The zero-order chi connectivity index (χ0) is 11.9. The predicted molar refractivity (Wildman–Crippen MR) is 59.6 cm³/mol. The highest BCUT2D eigenvalue weighted by Gasteiger charge is 2.28. The second-order valence-corrected chi connectivity index (χ2v) is 4.54. The molecule has 5 nitrogen and oxygen atoms in total. The van der Waals surface area contributed by atoms with Crippen LogP contribution in [0.2, 0.25) is 0 Å². The van der Waals surface area contributed by atoms with Gasteiger partial charge < -0.3 is 10.0 Å². The summed E-state index contributed by atoms with van der Waals surface area (Å²) in [4.78, 5) is 13.0. The van der Waals surface area contributed by atoms with E-state index in [0.717, 1.165) is 30.0 Å². The molecule has 0 atom stereocenters. The van der Waals surface area contributed by atoms with Crippen LogP contribution in [0.15, 0.2) is 0 Å². The van der Waals surface area contributed by atoms with Gasteiger partial charge in [-0.05, 0) is 20.9 Å². The molecule has 2 rings (SSSR count). The highest BCUT2D eigenvalue weighted by Crippen LogP contribution is 2.23. The number of rotatable bonds is 3. The molecular weight excluding hydrogens is 206 g/mol. The molecule has 0 saturated carbocycles. The first-order valence-electron chi connectivity index (χ1n) is 5.44. The number of carbonyl (C=O) groups is 1. The summed E-state index contributed by atoms with van der Waals surface area (Å²) in [5, 5.41) is 13.3. The van der Waals surface area contributed by atoms with Crippen LogP contribution in [-0.4, -0.2) is 45.9 Å². The van der Waals surface area contributed by atoms with E-state index in [1.165, 1.54) is 0 Å². The van der Waals surface area contributed by atoms with Gasteiger partial charge in [-0.15, -0.1) is 0 Å². The Kier molecular flexibility index (Phi) is 2.71. The Morgan fingerprint density at radius 2 is 2.12 bits per heavy atom. The maximum absolute atomic E-state index is 10.7. The molecule has 5 heteroatoms. The summed E-state index contributed by atoms with van der Waals surface area (Å²) in [6, 6.07) is 0.409. The van der Waals surface area contributed by atoms with Crippen molar-refractivity contribution in [2.45, 2.75) is 26.3 Å². The second-order valence-electron chi connectivity index (χ2n) is 4.54. The fourth-order valence-electron chi connectivity index (χ4n) is 2.28. The SMILES string of the molecule is Cc1nn(C2CN(C)C2)c(C)c1CC(=O)O. The third-order valence-electron chi connectivity index (χ3n) is 3.19. The molecule has 1 saturated heterocycles. The lowest BCUT2D eigenvalue weighted by Crippen LogP contribution is -2.45. The van der Waals surface area contributed by atoms with Crippen LogP contribution < -0.4 is 0 Å². The van der Waals surface area contributed by atoms with Gasteiger partial charge in [-0.25, -0.2) is 0 Å². The number of carboxylic acids is 1. The number of aryl methyl sites for hydroxylation is 1. The summed E-state index contributed by atoms with van der Waals surface area (Å²) in [7, 11) is 2.07. The van der Waals surface area contributed by atoms with Crippen LogP contribution in [0.5, 0.6) is 0 Å². The molecule has 1 aromatic heterocycles. The van der Waals surface area contributed by atoms with Gasteiger partial charge in [0.1, 0.15) is 0 Å². The number of hydrogen-bond donors (Lipinski definition) is 1. The van der Waals surface area contributed by atoms with Crippen molar-refractivity contribution in [3.05, 3.63) is 17.0 Å². The van der Waals surface area contributed by atoms with Crippen molar-refractivity contribution in [3.8, 4) is 0 Å². The van der Waals surface area contributed by atoms with Crippen molar-refractivity contribution < 1.29 is 9.90 Å². The van der Waals surface area contributed by atoms with Gasteiger partial charge in [-0.1, -0.05) is 0 Å². The van der Waals surface area contributed by atoms with E-state index in [1.54, 1.807) is 0 Å². The van der Waals surface area contributed by atoms with Crippen LogP contribution in [0.4, 0.5) is 0 Å². The van der Waals surface area contributed by atoms with E-state index in [4.69, 9.17) is 5.11 Å². The van der Waals surface area contributed by atoms with Crippen LogP contribution in [0.25, 0.3) is 0 Å². The van der Waals surface area contributed by atoms with Crippen molar-refractivity contribution in [1.82, 2.24) is 14.7 Å². The van der Waals surface area contributed by atoms with E-state index in [1.807, 2.05) is 18.5 Å². The number of aliphatic carboxylic acids is 1. The molecule has 16 heavy (non-hydrogen) atoms. The molecule has 0 radical (unpaired) electrons. The van der Waals surface area contributed by atoms with E-state index in [-0.39, 0.29) is 6.42 Å². The number of nitrogens with zero attached hydrogens (tertiary/aromatic N) is 3. The van der Waals surface area contributed by atoms with Crippen molar-refractivity contribution >= 4 is 5.97 Å². The zero-order valence-corrected chi connectivity index (χ0v) is 9.90. The van der Waals surface area contributed by atoms with E-state index in [2.05, 4.69) is 17.0 Å². The minimum absolute atomic E-state index is 0.0697. The van der Waals surface area contributed by atoms with Gasteiger partial charge in [0.2, 0.25) is 0 Å². The average Bonchev–Trinajstić information content (AvgIpc) is 2.40. The Hall–Kier alpha value is -1.36. The summed E-state index contributed by atoms with van der Waals surface area (Å²) < 4.78 is 1.98. The number of likely N-dealkylation sites (tertiary alicyclic amines) is 1. The molecular formula is C11H17N3O2. The lowest BCUT2D eigenvalue weighted by Gasteiger charge is -2.36. The molecule has 2 heterocycles. The highest BCUT2D eigenvalue weighted by atomic mass is 16.4. The Labute approximate surface area is 94.7 Å². The van der Waals surface area contributed by atoms with Gasteiger partial charge >= 0.3 is 5.97 Å². The van der Waals surface area contributed by atoms with E-state index in [9.17, 15) is 4.79 Å². The first-order chi connectivity index (χ1) is 7.49. The topological polar surface area (TPSA) is 58.4 Å². The number of carboxylic acid groups (broad SMARTS) is 1. The molecule has 0 aromatic carbocycles. The Bertz CT molecular complexity index is 419. The molecule has 0 amide bonds. The van der Waals surface area contributed by atoms with Gasteiger partial charge in [0.15, 0.2) is 0 Å². The second kappa shape index (κ2) is 3.90. The number of likely N-dealkylation sites (N-methyl/N-ethyl adjacent to an activating group) is 1. The Morgan fingerprint density at radius 1 is 1.50 bits per heavy atom. The predicted octanol–water partition coefficient (Wildman–Crippen LogP) is 0.614. The minimum atomic E-state index is -0.795. The van der Waals surface area contributed by atoms with Crippen LogP contribution >= 0.6 is 0 Å². The first-order valence-corrected chi connectivity index (χ1v) is 5.44.